The average molecular weight is 274 g/mol. The van der Waals surface area contributed by atoms with E-state index in [1.54, 1.807) is 0 Å². The average Bonchev–Trinajstić information content (AvgIpc) is 2.33. The summed E-state index contributed by atoms with van der Waals surface area (Å²) in [6.45, 7) is 1.32. The highest BCUT2D eigenvalue weighted by atomic mass is 16.5. The predicted molar refractivity (Wildman–Crippen MR) is 62.1 cm³/mol. The van der Waals surface area contributed by atoms with Gasteiger partial charge < -0.3 is 15.5 Å². The van der Waals surface area contributed by atoms with Crippen LogP contribution in [0, 0.1) is 0 Å². The van der Waals surface area contributed by atoms with Gasteiger partial charge in [0.15, 0.2) is 0 Å². The Morgan fingerprint density at radius 3 is 2.63 bits per heavy atom. The van der Waals surface area contributed by atoms with Gasteiger partial charge in [-0.25, -0.2) is 9.86 Å². The minimum atomic E-state index is -1.42. The molecule has 0 saturated carbocycles. The van der Waals surface area contributed by atoms with Crippen LogP contribution >= 0.6 is 0 Å². The van der Waals surface area contributed by atoms with E-state index in [9.17, 15) is 24.7 Å². The fraction of sp³-hybridized carbons (Fsp3) is 0.727. The van der Waals surface area contributed by atoms with Gasteiger partial charge in [0.2, 0.25) is 11.8 Å². The number of nitrogens with one attached hydrogen (secondary N) is 1. The molecule has 0 aliphatic carbocycles. The minimum Gasteiger partial charge on any atom is -0.480 e. The van der Waals surface area contributed by atoms with Crippen molar-refractivity contribution in [3.8, 4) is 0 Å². The number of amides is 2. The highest BCUT2D eigenvalue weighted by Gasteiger charge is 2.33. The second kappa shape index (κ2) is 6.48. The Morgan fingerprint density at radius 1 is 1.42 bits per heavy atom. The van der Waals surface area contributed by atoms with Gasteiger partial charge in [0.1, 0.15) is 6.04 Å². The number of aliphatic hydroxyl groups excluding tert-OH is 1. The molecule has 0 aromatic rings. The minimum absolute atomic E-state index is 0.0154. The number of nitrogens with zero attached hydrogens (tertiary/aromatic N) is 1. The first-order valence-electron chi connectivity index (χ1n) is 6.04. The molecule has 108 valence electrons. The van der Waals surface area contributed by atoms with E-state index in [0.29, 0.717) is 11.5 Å². The molecule has 1 fully saturated rings. The summed E-state index contributed by atoms with van der Waals surface area (Å²) in [5, 5.41) is 30.7. The van der Waals surface area contributed by atoms with Crippen molar-refractivity contribution in [3.63, 3.8) is 0 Å². The number of carboxylic acids is 1. The Labute approximate surface area is 110 Å². The number of rotatable bonds is 1. The van der Waals surface area contributed by atoms with Crippen LogP contribution < -0.4 is 5.32 Å². The van der Waals surface area contributed by atoms with Gasteiger partial charge in [-0.05, 0) is 19.8 Å². The third-order valence-electron chi connectivity index (χ3n) is 3.06. The van der Waals surface area contributed by atoms with Gasteiger partial charge in [-0.3, -0.25) is 14.8 Å². The van der Waals surface area contributed by atoms with Crippen molar-refractivity contribution in [1.82, 2.24) is 10.4 Å². The predicted octanol–water partition coefficient (Wildman–Crippen LogP) is -0.903. The number of carbonyl (C=O) groups is 3. The smallest absolute Gasteiger partial charge is 0.328 e. The van der Waals surface area contributed by atoms with Gasteiger partial charge in [0.05, 0.1) is 18.6 Å². The number of aliphatic hydroxyl groups is 1. The van der Waals surface area contributed by atoms with Crippen LogP contribution in [-0.2, 0) is 14.4 Å². The third kappa shape index (κ3) is 4.18. The molecule has 1 aliphatic rings. The lowest BCUT2D eigenvalue weighted by Gasteiger charge is -2.27. The summed E-state index contributed by atoms with van der Waals surface area (Å²) < 4.78 is 0. The highest BCUT2D eigenvalue weighted by Crippen LogP contribution is 2.12. The molecule has 2 amide bonds. The maximum Gasteiger partial charge on any atom is 0.328 e. The summed E-state index contributed by atoms with van der Waals surface area (Å²) in [6.07, 6.45) is -0.620. The first kappa shape index (κ1) is 15.4. The number of aliphatic carboxylic acids is 1. The largest absolute Gasteiger partial charge is 0.480 e. The van der Waals surface area contributed by atoms with Crippen molar-refractivity contribution in [1.29, 1.82) is 0 Å². The zero-order valence-corrected chi connectivity index (χ0v) is 10.6. The van der Waals surface area contributed by atoms with E-state index in [4.69, 9.17) is 5.11 Å². The summed E-state index contributed by atoms with van der Waals surface area (Å²) in [4.78, 5) is 34.2. The Morgan fingerprint density at radius 2 is 2.05 bits per heavy atom. The van der Waals surface area contributed by atoms with Gasteiger partial charge >= 0.3 is 5.97 Å². The van der Waals surface area contributed by atoms with E-state index in [1.807, 2.05) is 0 Å². The summed E-state index contributed by atoms with van der Waals surface area (Å²) in [7, 11) is 0. The monoisotopic (exact) mass is 274 g/mol. The molecule has 1 heterocycles. The third-order valence-corrected chi connectivity index (χ3v) is 3.06. The molecule has 3 atom stereocenters. The first-order chi connectivity index (χ1) is 8.82. The number of hydroxylamine groups is 2. The van der Waals surface area contributed by atoms with Gasteiger partial charge in [-0.2, -0.15) is 0 Å². The molecule has 1 saturated heterocycles. The second-order valence-corrected chi connectivity index (χ2v) is 4.61. The van der Waals surface area contributed by atoms with Crippen LogP contribution in [0.15, 0.2) is 0 Å². The SMILES string of the molecule is CC1[C@H](C(=O)O)NC(=O)CC(O)CCCC(=O)N1O. The second-order valence-electron chi connectivity index (χ2n) is 4.61. The van der Waals surface area contributed by atoms with E-state index in [-0.39, 0.29) is 19.3 Å². The summed E-state index contributed by atoms with van der Waals surface area (Å²) in [6, 6.07) is -2.52. The van der Waals surface area contributed by atoms with Crippen molar-refractivity contribution >= 4 is 17.8 Å². The normalized spacial score (nSPS) is 30.5. The molecule has 2 unspecified atom stereocenters. The van der Waals surface area contributed by atoms with Crippen molar-refractivity contribution < 1.29 is 29.8 Å². The fourth-order valence-corrected chi connectivity index (χ4v) is 1.91. The Hall–Kier alpha value is -1.67. The van der Waals surface area contributed by atoms with E-state index in [0.717, 1.165) is 0 Å². The van der Waals surface area contributed by atoms with E-state index in [1.165, 1.54) is 6.92 Å². The number of carboxylic acid groups (broad SMARTS) is 1. The molecule has 0 bridgehead atoms. The van der Waals surface area contributed by atoms with E-state index >= 15 is 0 Å². The van der Waals surface area contributed by atoms with Crippen LogP contribution in [0.3, 0.4) is 0 Å². The molecule has 0 spiro atoms. The first-order valence-corrected chi connectivity index (χ1v) is 6.04. The summed E-state index contributed by atoms with van der Waals surface area (Å²) in [5.74, 6) is -2.63. The van der Waals surface area contributed by atoms with Gasteiger partial charge in [0, 0.05) is 6.42 Å². The number of carbonyl (C=O) groups excluding carboxylic acids is 2. The van der Waals surface area contributed by atoms with Crippen LogP contribution in [0.4, 0.5) is 0 Å². The zero-order valence-electron chi connectivity index (χ0n) is 10.6. The molecule has 4 N–H and O–H groups in total. The molecule has 8 heteroatoms. The molecule has 1 rings (SSSR count). The van der Waals surface area contributed by atoms with Crippen LogP contribution in [0.5, 0.6) is 0 Å². The van der Waals surface area contributed by atoms with Gasteiger partial charge in [-0.15, -0.1) is 0 Å². The zero-order chi connectivity index (χ0) is 14.6. The van der Waals surface area contributed by atoms with Crippen molar-refractivity contribution in [3.05, 3.63) is 0 Å². The topological polar surface area (TPSA) is 127 Å². The lowest BCUT2D eigenvalue weighted by atomic mass is 10.1. The highest BCUT2D eigenvalue weighted by molar-refractivity contribution is 5.85. The van der Waals surface area contributed by atoms with Gasteiger partial charge in [-0.1, -0.05) is 0 Å². The standard InChI is InChI=1S/C11H18N2O6/c1-6-10(11(17)18)12-8(15)5-7(14)3-2-4-9(16)13(6)19/h6-7,10,14,19H,2-5H2,1H3,(H,12,15)(H,17,18)/t6?,7?,10-/m1/s1. The van der Waals surface area contributed by atoms with Crippen LogP contribution in [0.25, 0.3) is 0 Å². The lowest BCUT2D eigenvalue weighted by Crippen LogP contribution is -2.55. The maximum atomic E-state index is 11.6. The molecule has 1 aliphatic heterocycles. The fourth-order valence-electron chi connectivity index (χ4n) is 1.91. The Bertz CT molecular complexity index is 372. The van der Waals surface area contributed by atoms with Crippen molar-refractivity contribution in [2.24, 2.45) is 0 Å². The van der Waals surface area contributed by atoms with Crippen LogP contribution in [0.1, 0.15) is 32.6 Å². The van der Waals surface area contributed by atoms with E-state index in [2.05, 4.69) is 5.32 Å². The summed E-state index contributed by atoms with van der Waals surface area (Å²) in [5.41, 5.74) is 0. The van der Waals surface area contributed by atoms with Crippen LogP contribution in [-0.4, -0.2) is 56.5 Å². The molecule has 0 radical (unpaired) electrons. The Balaban J connectivity index is 2.93. The van der Waals surface area contributed by atoms with Crippen molar-refractivity contribution in [2.45, 2.75) is 50.8 Å². The quantitative estimate of drug-likeness (QED) is 0.459. The Kier molecular flexibility index (Phi) is 5.25. The molecule has 19 heavy (non-hydrogen) atoms. The number of hydrogen-bond acceptors (Lipinski definition) is 5. The molecular weight excluding hydrogens is 256 g/mol. The lowest BCUT2D eigenvalue weighted by molar-refractivity contribution is -0.180. The molecule has 0 aromatic heterocycles. The molecular formula is C11H18N2O6. The maximum absolute atomic E-state index is 11.6. The van der Waals surface area contributed by atoms with E-state index < -0.39 is 36.0 Å². The molecule has 0 aromatic carbocycles. The summed E-state index contributed by atoms with van der Waals surface area (Å²) >= 11 is 0. The number of hydrogen-bond donors (Lipinski definition) is 4. The molecule has 8 nitrogen and oxygen atoms in total. The van der Waals surface area contributed by atoms with Crippen molar-refractivity contribution in [2.75, 3.05) is 0 Å². The van der Waals surface area contributed by atoms with Gasteiger partial charge in [0.25, 0.3) is 0 Å². The van der Waals surface area contributed by atoms with Crippen LogP contribution in [0.2, 0.25) is 0 Å².